The minimum atomic E-state index is -0.432. The second-order valence-electron chi connectivity index (χ2n) is 5.62. The van der Waals surface area contributed by atoms with Crippen LogP contribution in [-0.4, -0.2) is 28.2 Å². The molecule has 1 heterocycles. The maximum absolute atomic E-state index is 11.8. The molecule has 0 aliphatic carbocycles. The van der Waals surface area contributed by atoms with Gasteiger partial charge in [-0.15, -0.1) is 0 Å². The Morgan fingerprint density at radius 2 is 1.96 bits per heavy atom. The van der Waals surface area contributed by atoms with Gasteiger partial charge in [0.2, 0.25) is 0 Å². The zero-order valence-corrected chi connectivity index (χ0v) is 14.9. The molecule has 0 aliphatic rings. The van der Waals surface area contributed by atoms with Crippen molar-refractivity contribution in [3.8, 4) is 5.75 Å². The van der Waals surface area contributed by atoms with Crippen molar-refractivity contribution in [2.75, 3.05) is 6.61 Å². The molecule has 1 aromatic heterocycles. The molecule has 0 aliphatic heterocycles. The van der Waals surface area contributed by atoms with Crippen molar-refractivity contribution in [3.05, 3.63) is 66.0 Å². The van der Waals surface area contributed by atoms with Crippen LogP contribution in [0.25, 0.3) is 6.08 Å². The number of hydrogen-bond donors (Lipinski definition) is 2. The van der Waals surface area contributed by atoms with Crippen molar-refractivity contribution in [2.45, 2.75) is 20.4 Å². The summed E-state index contributed by atoms with van der Waals surface area (Å²) in [4.78, 5) is 23.6. The van der Waals surface area contributed by atoms with Crippen LogP contribution in [0.2, 0.25) is 0 Å². The third-order valence-electron chi connectivity index (χ3n) is 3.40. The quantitative estimate of drug-likeness (QED) is 0.452. The maximum Gasteiger partial charge on any atom is 0.262 e. The first-order valence-electron chi connectivity index (χ1n) is 8.09. The summed E-state index contributed by atoms with van der Waals surface area (Å²) in [5.74, 6) is -0.0664. The second-order valence-corrected chi connectivity index (χ2v) is 5.62. The number of hydrogen-bond acceptors (Lipinski definition) is 4. The summed E-state index contributed by atoms with van der Waals surface area (Å²) < 4.78 is 6.96. The average molecular weight is 354 g/mol. The molecule has 2 N–H and O–H groups in total. The number of aryl methyl sites for hydroxylation is 2. The van der Waals surface area contributed by atoms with E-state index in [0.29, 0.717) is 6.61 Å². The molecule has 0 spiro atoms. The van der Waals surface area contributed by atoms with Gasteiger partial charge in [-0.3, -0.25) is 25.1 Å². The third-order valence-corrected chi connectivity index (χ3v) is 3.40. The molecular formula is C19H22N4O3. The summed E-state index contributed by atoms with van der Waals surface area (Å²) in [6, 6.07) is 9.13. The fraction of sp³-hybridized carbons (Fsp3) is 0.211. The number of rotatable bonds is 7. The van der Waals surface area contributed by atoms with E-state index in [0.717, 1.165) is 22.7 Å². The molecule has 2 amide bonds. The van der Waals surface area contributed by atoms with Gasteiger partial charge < -0.3 is 4.74 Å². The summed E-state index contributed by atoms with van der Waals surface area (Å²) in [7, 11) is 0. The highest BCUT2D eigenvalue weighted by Gasteiger charge is 2.07. The zero-order valence-electron chi connectivity index (χ0n) is 14.9. The lowest BCUT2D eigenvalue weighted by atomic mass is 10.2. The molecule has 7 heteroatoms. The number of benzene rings is 1. The largest absolute Gasteiger partial charge is 0.490 e. The van der Waals surface area contributed by atoms with Crippen molar-refractivity contribution in [3.63, 3.8) is 0 Å². The Morgan fingerprint density at radius 1 is 1.23 bits per heavy atom. The summed E-state index contributed by atoms with van der Waals surface area (Å²) in [5, 5.41) is 4.19. The van der Waals surface area contributed by atoms with Gasteiger partial charge in [0.1, 0.15) is 18.9 Å². The number of carbonyl (C=O) groups excluding carboxylic acids is 2. The predicted molar refractivity (Wildman–Crippen MR) is 99.2 cm³/mol. The van der Waals surface area contributed by atoms with Gasteiger partial charge in [-0.05, 0) is 43.7 Å². The highest BCUT2D eigenvalue weighted by molar-refractivity contribution is 5.93. The lowest BCUT2D eigenvalue weighted by Gasteiger charge is -2.06. The number of nitrogens with zero attached hydrogens (tertiary/aromatic N) is 2. The molecule has 0 unspecified atom stereocenters. The number of aromatic nitrogens is 2. The molecule has 0 bridgehead atoms. The van der Waals surface area contributed by atoms with Crippen molar-refractivity contribution < 1.29 is 14.3 Å². The Bertz CT molecular complexity index is 807. The smallest absolute Gasteiger partial charge is 0.262 e. The molecule has 136 valence electrons. The van der Waals surface area contributed by atoms with E-state index in [2.05, 4.69) is 22.5 Å². The van der Waals surface area contributed by atoms with Crippen LogP contribution < -0.4 is 15.6 Å². The summed E-state index contributed by atoms with van der Waals surface area (Å²) >= 11 is 0. The number of ether oxygens (including phenoxy) is 1. The van der Waals surface area contributed by atoms with E-state index in [1.165, 1.54) is 6.08 Å². The maximum atomic E-state index is 11.8. The molecule has 0 fully saturated rings. The predicted octanol–water partition coefficient (Wildman–Crippen LogP) is 1.93. The lowest BCUT2D eigenvalue weighted by molar-refractivity contribution is -0.127. The average Bonchev–Trinajstić information content (AvgIpc) is 2.94. The highest BCUT2D eigenvalue weighted by Crippen LogP contribution is 2.13. The molecular weight excluding hydrogens is 332 g/mol. The Labute approximate surface area is 152 Å². The van der Waals surface area contributed by atoms with Gasteiger partial charge in [0, 0.05) is 11.8 Å². The van der Waals surface area contributed by atoms with E-state index in [1.54, 1.807) is 29.0 Å². The minimum absolute atomic E-state index is 0.0375. The standard InChI is InChI=1S/C19H22N4O3/c1-4-11-26-17-8-5-16(6-9-17)7-10-18(24)20-21-19(25)13-23-15(3)12-14(2)22-23/h4-10,12H,1,11,13H2,2-3H3,(H,20,24)(H,21,25)/b10-7+. The van der Waals surface area contributed by atoms with E-state index >= 15 is 0 Å². The Balaban J connectivity index is 1.78. The number of amides is 2. The number of carbonyl (C=O) groups is 2. The molecule has 1 aromatic carbocycles. The first-order valence-corrected chi connectivity index (χ1v) is 8.09. The summed E-state index contributed by atoms with van der Waals surface area (Å²) in [6.07, 6.45) is 4.64. The first-order chi connectivity index (χ1) is 12.5. The van der Waals surface area contributed by atoms with Gasteiger partial charge in [0.05, 0.1) is 5.69 Å². The van der Waals surface area contributed by atoms with Gasteiger partial charge in [-0.2, -0.15) is 5.10 Å². The summed E-state index contributed by atoms with van der Waals surface area (Å²) in [5.41, 5.74) is 7.24. The Morgan fingerprint density at radius 3 is 2.58 bits per heavy atom. The van der Waals surface area contributed by atoms with Gasteiger partial charge >= 0.3 is 0 Å². The zero-order chi connectivity index (χ0) is 18.9. The van der Waals surface area contributed by atoms with Crippen molar-refractivity contribution in [2.24, 2.45) is 0 Å². The first kappa shape index (κ1) is 19.0. The third kappa shape index (κ3) is 5.94. The van der Waals surface area contributed by atoms with E-state index in [-0.39, 0.29) is 12.5 Å². The van der Waals surface area contributed by atoms with Crippen LogP contribution in [0.3, 0.4) is 0 Å². The van der Waals surface area contributed by atoms with Crippen LogP contribution in [-0.2, 0) is 16.1 Å². The Kier molecular flexibility index (Phi) is 6.73. The summed E-state index contributed by atoms with van der Waals surface area (Å²) in [6.45, 7) is 7.78. The monoisotopic (exact) mass is 354 g/mol. The molecule has 2 rings (SSSR count). The lowest BCUT2D eigenvalue weighted by Crippen LogP contribution is -2.42. The van der Waals surface area contributed by atoms with E-state index < -0.39 is 5.91 Å². The SMILES string of the molecule is C=CCOc1ccc(/C=C/C(=O)NNC(=O)Cn2nc(C)cc2C)cc1. The minimum Gasteiger partial charge on any atom is -0.490 e. The Hall–Kier alpha value is -3.35. The molecule has 0 radical (unpaired) electrons. The van der Waals surface area contributed by atoms with Gasteiger partial charge in [-0.1, -0.05) is 24.8 Å². The fourth-order valence-corrected chi connectivity index (χ4v) is 2.19. The van der Waals surface area contributed by atoms with Crippen molar-refractivity contribution in [1.82, 2.24) is 20.6 Å². The van der Waals surface area contributed by atoms with Gasteiger partial charge in [0.15, 0.2) is 0 Å². The second kappa shape index (κ2) is 9.22. The molecule has 26 heavy (non-hydrogen) atoms. The van der Waals surface area contributed by atoms with Crippen LogP contribution in [0, 0.1) is 13.8 Å². The van der Waals surface area contributed by atoms with Crippen LogP contribution >= 0.6 is 0 Å². The number of hydrazine groups is 1. The molecule has 0 saturated carbocycles. The van der Waals surface area contributed by atoms with E-state index in [4.69, 9.17) is 4.74 Å². The molecule has 2 aromatic rings. The van der Waals surface area contributed by atoms with Gasteiger partial charge in [-0.25, -0.2) is 0 Å². The topological polar surface area (TPSA) is 85.3 Å². The molecule has 0 atom stereocenters. The van der Waals surface area contributed by atoms with Crippen molar-refractivity contribution >= 4 is 17.9 Å². The number of nitrogens with one attached hydrogen (secondary N) is 2. The molecule has 7 nitrogen and oxygen atoms in total. The van der Waals surface area contributed by atoms with Crippen LogP contribution in [0.15, 0.2) is 49.1 Å². The highest BCUT2D eigenvalue weighted by atomic mass is 16.5. The fourth-order valence-electron chi connectivity index (χ4n) is 2.19. The van der Waals surface area contributed by atoms with Crippen LogP contribution in [0.5, 0.6) is 5.75 Å². The van der Waals surface area contributed by atoms with Crippen LogP contribution in [0.1, 0.15) is 17.0 Å². The van der Waals surface area contributed by atoms with Crippen LogP contribution in [0.4, 0.5) is 0 Å². The van der Waals surface area contributed by atoms with E-state index in [1.807, 2.05) is 32.0 Å². The molecule has 0 saturated heterocycles. The van der Waals surface area contributed by atoms with Gasteiger partial charge in [0.25, 0.3) is 11.8 Å². The van der Waals surface area contributed by atoms with Crippen molar-refractivity contribution in [1.29, 1.82) is 0 Å². The van der Waals surface area contributed by atoms with E-state index in [9.17, 15) is 9.59 Å². The normalized spacial score (nSPS) is 10.5.